The van der Waals surface area contributed by atoms with Crippen LogP contribution in [0.5, 0.6) is 0 Å². The summed E-state index contributed by atoms with van der Waals surface area (Å²) < 4.78 is 29.5. The molecule has 0 saturated carbocycles. The summed E-state index contributed by atoms with van der Waals surface area (Å²) in [6, 6.07) is 3.82. The van der Waals surface area contributed by atoms with Crippen molar-refractivity contribution in [3.63, 3.8) is 0 Å². The Kier molecular flexibility index (Phi) is 3.75. The molecule has 0 saturated heterocycles. The van der Waals surface area contributed by atoms with E-state index >= 15 is 0 Å². The summed E-state index contributed by atoms with van der Waals surface area (Å²) in [6.45, 7) is 2.43. The van der Waals surface area contributed by atoms with E-state index in [2.05, 4.69) is 14.9 Å². The van der Waals surface area contributed by atoms with E-state index in [-0.39, 0.29) is 6.04 Å². The van der Waals surface area contributed by atoms with Gasteiger partial charge in [-0.1, -0.05) is 10.6 Å². The number of benzene rings is 1. The molecule has 1 aromatic carbocycles. The van der Waals surface area contributed by atoms with Crippen molar-refractivity contribution in [1.82, 2.24) is 14.9 Å². The topological polar surface area (TPSA) is 37.8 Å². The average Bonchev–Trinajstić information content (AvgIpc) is 2.82. The third-order valence-corrected chi connectivity index (χ3v) is 2.99. The molecule has 1 atom stereocenters. The number of halogens is 2. The highest BCUT2D eigenvalue weighted by Crippen LogP contribution is 2.16. The molecule has 90 valence electrons. The molecule has 1 heterocycles. The molecule has 1 unspecified atom stereocenters. The van der Waals surface area contributed by atoms with Crippen LogP contribution in [0.15, 0.2) is 23.6 Å². The van der Waals surface area contributed by atoms with E-state index in [1.807, 2.05) is 12.3 Å². The first-order chi connectivity index (χ1) is 8.16. The summed E-state index contributed by atoms with van der Waals surface area (Å²) >= 11 is 1.28. The van der Waals surface area contributed by atoms with Crippen molar-refractivity contribution < 1.29 is 8.78 Å². The van der Waals surface area contributed by atoms with E-state index in [0.29, 0.717) is 12.1 Å². The van der Waals surface area contributed by atoms with Gasteiger partial charge in [-0.05, 0) is 36.2 Å². The van der Waals surface area contributed by atoms with Crippen molar-refractivity contribution in [2.24, 2.45) is 0 Å². The monoisotopic (exact) mass is 255 g/mol. The summed E-state index contributed by atoms with van der Waals surface area (Å²) in [5.74, 6) is -1.66. The Morgan fingerprint density at radius 2 is 2.18 bits per heavy atom. The fourth-order valence-electron chi connectivity index (χ4n) is 1.42. The largest absolute Gasteiger partial charge is 0.304 e. The highest BCUT2D eigenvalue weighted by molar-refractivity contribution is 7.03. The minimum Gasteiger partial charge on any atom is -0.304 e. The second kappa shape index (κ2) is 5.29. The second-order valence-corrected chi connectivity index (χ2v) is 4.28. The van der Waals surface area contributed by atoms with Crippen LogP contribution < -0.4 is 5.32 Å². The van der Waals surface area contributed by atoms with Crippen LogP contribution in [0.1, 0.15) is 24.2 Å². The maximum atomic E-state index is 13.0. The molecule has 0 spiro atoms. The lowest BCUT2D eigenvalue weighted by Gasteiger charge is -2.13. The molecule has 0 bridgehead atoms. The van der Waals surface area contributed by atoms with Crippen molar-refractivity contribution in [2.45, 2.75) is 19.5 Å². The predicted octanol–water partition coefficient (Wildman–Crippen LogP) is 2.67. The first kappa shape index (κ1) is 12.1. The standard InChI is InChI=1S/C11H11F2N3S/c1-7(14-5-9-6-17-16-15-9)8-2-3-10(12)11(13)4-8/h2-4,6-7,14H,5H2,1H3. The molecule has 0 aliphatic heterocycles. The molecular formula is C11H11F2N3S. The van der Waals surface area contributed by atoms with E-state index in [0.717, 1.165) is 11.8 Å². The van der Waals surface area contributed by atoms with Crippen molar-refractivity contribution in [1.29, 1.82) is 0 Å². The van der Waals surface area contributed by atoms with Gasteiger partial charge in [-0.2, -0.15) is 0 Å². The Morgan fingerprint density at radius 3 is 2.82 bits per heavy atom. The molecule has 0 amide bonds. The molecule has 1 N–H and O–H groups in total. The number of nitrogens with one attached hydrogen (secondary N) is 1. The zero-order valence-corrected chi connectivity index (χ0v) is 9.97. The van der Waals surface area contributed by atoms with Crippen molar-refractivity contribution in [3.8, 4) is 0 Å². The third-order valence-electron chi connectivity index (χ3n) is 2.44. The Morgan fingerprint density at radius 1 is 1.35 bits per heavy atom. The quantitative estimate of drug-likeness (QED) is 0.912. The molecule has 1 aromatic heterocycles. The Bertz CT molecular complexity index is 487. The van der Waals surface area contributed by atoms with Crippen LogP contribution in [0, 0.1) is 11.6 Å². The molecule has 3 nitrogen and oxygen atoms in total. The highest BCUT2D eigenvalue weighted by atomic mass is 32.1. The molecule has 2 rings (SSSR count). The second-order valence-electron chi connectivity index (χ2n) is 3.67. The van der Waals surface area contributed by atoms with E-state index in [9.17, 15) is 8.78 Å². The molecule has 2 aromatic rings. The van der Waals surface area contributed by atoms with Gasteiger partial charge in [0, 0.05) is 18.0 Å². The molecule has 0 fully saturated rings. The maximum Gasteiger partial charge on any atom is 0.159 e. The fourth-order valence-corrected chi connectivity index (χ4v) is 1.87. The summed E-state index contributed by atoms with van der Waals surface area (Å²) in [5, 5.41) is 8.89. The highest BCUT2D eigenvalue weighted by Gasteiger charge is 2.09. The van der Waals surface area contributed by atoms with Crippen LogP contribution in [-0.4, -0.2) is 9.59 Å². The van der Waals surface area contributed by atoms with E-state index in [4.69, 9.17) is 0 Å². The first-order valence-corrected chi connectivity index (χ1v) is 5.94. The zero-order valence-electron chi connectivity index (χ0n) is 9.15. The fraction of sp³-hybridized carbons (Fsp3) is 0.273. The Hall–Kier alpha value is -1.40. The van der Waals surface area contributed by atoms with Crippen LogP contribution in [-0.2, 0) is 6.54 Å². The van der Waals surface area contributed by atoms with Gasteiger partial charge in [0.2, 0.25) is 0 Å². The van der Waals surface area contributed by atoms with Crippen molar-refractivity contribution >= 4 is 11.5 Å². The minimum atomic E-state index is -0.829. The third kappa shape index (κ3) is 3.04. The van der Waals surface area contributed by atoms with Gasteiger partial charge in [-0.25, -0.2) is 8.78 Å². The van der Waals surface area contributed by atoms with Gasteiger partial charge >= 0.3 is 0 Å². The van der Waals surface area contributed by atoms with Gasteiger partial charge < -0.3 is 5.32 Å². The van der Waals surface area contributed by atoms with Crippen LogP contribution in [0.2, 0.25) is 0 Å². The molecule has 6 heteroatoms. The van der Waals surface area contributed by atoms with Crippen molar-refractivity contribution in [3.05, 3.63) is 46.5 Å². The summed E-state index contributed by atoms with van der Waals surface area (Å²) in [4.78, 5) is 0. The molecule has 0 radical (unpaired) electrons. The first-order valence-electron chi connectivity index (χ1n) is 5.11. The van der Waals surface area contributed by atoms with E-state index in [1.165, 1.54) is 17.6 Å². The van der Waals surface area contributed by atoms with Crippen LogP contribution >= 0.6 is 11.5 Å². The maximum absolute atomic E-state index is 13.0. The SMILES string of the molecule is CC(NCc1csnn1)c1ccc(F)c(F)c1. The molecule has 17 heavy (non-hydrogen) atoms. The lowest BCUT2D eigenvalue weighted by molar-refractivity contribution is 0.500. The molecular weight excluding hydrogens is 244 g/mol. The lowest BCUT2D eigenvalue weighted by atomic mass is 10.1. The van der Waals surface area contributed by atoms with Crippen LogP contribution in [0.3, 0.4) is 0 Å². The van der Waals surface area contributed by atoms with Crippen molar-refractivity contribution in [2.75, 3.05) is 0 Å². The number of aromatic nitrogens is 2. The summed E-state index contributed by atoms with van der Waals surface area (Å²) in [5.41, 5.74) is 1.54. The molecule has 0 aliphatic rings. The minimum absolute atomic E-state index is 0.0770. The number of rotatable bonds is 4. The Labute approximate surface area is 102 Å². The van der Waals surface area contributed by atoms with Crippen LogP contribution in [0.4, 0.5) is 8.78 Å². The lowest BCUT2D eigenvalue weighted by Crippen LogP contribution is -2.18. The summed E-state index contributed by atoms with van der Waals surface area (Å²) in [7, 11) is 0. The van der Waals surface area contributed by atoms with Gasteiger partial charge in [0.15, 0.2) is 11.6 Å². The Balaban J connectivity index is 1.99. The number of hydrogen-bond donors (Lipinski definition) is 1. The number of nitrogens with zero attached hydrogens (tertiary/aromatic N) is 2. The zero-order chi connectivity index (χ0) is 12.3. The van der Waals surface area contributed by atoms with Gasteiger partial charge in [-0.3, -0.25) is 0 Å². The smallest absolute Gasteiger partial charge is 0.159 e. The normalized spacial score (nSPS) is 12.6. The van der Waals surface area contributed by atoms with Gasteiger partial charge in [0.25, 0.3) is 0 Å². The van der Waals surface area contributed by atoms with Gasteiger partial charge in [-0.15, -0.1) is 5.10 Å². The van der Waals surface area contributed by atoms with Gasteiger partial charge in [0.1, 0.15) is 0 Å². The molecule has 0 aliphatic carbocycles. The number of hydrogen-bond acceptors (Lipinski definition) is 4. The van der Waals surface area contributed by atoms with Crippen LogP contribution in [0.25, 0.3) is 0 Å². The van der Waals surface area contributed by atoms with Gasteiger partial charge in [0.05, 0.1) is 5.69 Å². The average molecular weight is 255 g/mol. The van der Waals surface area contributed by atoms with E-state index in [1.54, 1.807) is 6.07 Å². The predicted molar refractivity (Wildman–Crippen MR) is 61.5 cm³/mol. The summed E-state index contributed by atoms with van der Waals surface area (Å²) in [6.07, 6.45) is 0. The van der Waals surface area contributed by atoms with E-state index < -0.39 is 11.6 Å².